The van der Waals surface area contributed by atoms with Crippen LogP contribution in [0.25, 0.3) is 0 Å². The van der Waals surface area contributed by atoms with Gasteiger partial charge < -0.3 is 25.2 Å². The van der Waals surface area contributed by atoms with Crippen molar-refractivity contribution < 1.29 is 29.0 Å². The van der Waals surface area contributed by atoms with Crippen LogP contribution >= 0.6 is 0 Å². The molecule has 1 aliphatic carbocycles. The largest absolute Gasteiger partial charge is 0.487 e. The van der Waals surface area contributed by atoms with Crippen LogP contribution in [0.2, 0.25) is 0 Å². The van der Waals surface area contributed by atoms with Gasteiger partial charge in [-0.3, -0.25) is 14.5 Å². The normalized spacial score (nSPS) is 27.1. The maximum absolute atomic E-state index is 13.5. The minimum Gasteiger partial charge on any atom is -0.487 e. The Balaban J connectivity index is 1.55. The molecule has 3 aliphatic rings. The van der Waals surface area contributed by atoms with E-state index in [2.05, 4.69) is 15.6 Å². The van der Waals surface area contributed by atoms with Crippen LogP contribution in [-0.2, 0) is 14.3 Å². The Bertz CT molecular complexity index is 1100. The standard InChI is InChI=1S/C28H40N4O6/c1-6-28(7-2)16-23(33)32(25(31-28)30-26(35)36)21(12-13-37-5)18-14-19(18)24(34)29-20-15-27(3,4)38-22-11-9-8-10-17(20)22/h8-11,18-21H,6-7,12-16H2,1-5H3,(H,29,34)(H,30,31)(H,35,36)/t18-,19-,20-,21+/m0/s1. The Kier molecular flexibility index (Phi) is 8.01. The highest BCUT2D eigenvalue weighted by Gasteiger charge is 2.53. The second-order valence-corrected chi connectivity index (χ2v) is 11.3. The molecule has 0 aromatic heterocycles. The summed E-state index contributed by atoms with van der Waals surface area (Å²) >= 11 is 0. The highest BCUT2D eigenvalue weighted by atomic mass is 16.5. The van der Waals surface area contributed by atoms with Crippen molar-refractivity contribution in [1.82, 2.24) is 15.5 Å². The van der Waals surface area contributed by atoms with Crippen LogP contribution in [0.15, 0.2) is 29.3 Å². The van der Waals surface area contributed by atoms with E-state index in [1.165, 1.54) is 4.90 Å². The number of benzene rings is 1. The van der Waals surface area contributed by atoms with E-state index >= 15 is 0 Å². The van der Waals surface area contributed by atoms with Gasteiger partial charge in [-0.2, -0.15) is 0 Å². The van der Waals surface area contributed by atoms with Gasteiger partial charge in [0.15, 0.2) is 0 Å². The number of nitrogens with zero attached hydrogens (tertiary/aromatic N) is 2. The third kappa shape index (κ3) is 5.80. The first-order valence-electron chi connectivity index (χ1n) is 13.5. The van der Waals surface area contributed by atoms with E-state index in [1.807, 2.05) is 52.0 Å². The number of carbonyl (C=O) groups is 3. The first-order chi connectivity index (χ1) is 18.0. The predicted octanol–water partition coefficient (Wildman–Crippen LogP) is 3.86. The zero-order chi connectivity index (χ0) is 27.7. The van der Waals surface area contributed by atoms with Crippen LogP contribution in [-0.4, -0.2) is 64.8 Å². The van der Waals surface area contributed by atoms with E-state index in [1.54, 1.807) is 7.11 Å². The molecular weight excluding hydrogens is 488 g/mol. The zero-order valence-corrected chi connectivity index (χ0v) is 23.0. The van der Waals surface area contributed by atoms with Gasteiger partial charge in [-0.1, -0.05) is 32.0 Å². The number of methoxy groups -OCH3 is 1. The maximum Gasteiger partial charge on any atom is 0.434 e. The summed E-state index contributed by atoms with van der Waals surface area (Å²) in [4.78, 5) is 43.9. The van der Waals surface area contributed by atoms with Crippen LogP contribution in [0.1, 0.15) is 77.8 Å². The number of aliphatic imine (C=N–C) groups is 1. The number of hydrogen-bond acceptors (Lipinski definition) is 5. The van der Waals surface area contributed by atoms with Crippen LogP contribution < -0.4 is 15.4 Å². The van der Waals surface area contributed by atoms with Crippen LogP contribution in [0.4, 0.5) is 4.79 Å². The average molecular weight is 529 g/mol. The van der Waals surface area contributed by atoms with Gasteiger partial charge in [0, 0.05) is 43.2 Å². The average Bonchev–Trinajstić information content (AvgIpc) is 3.65. The van der Waals surface area contributed by atoms with Gasteiger partial charge in [0.25, 0.3) is 0 Å². The first-order valence-corrected chi connectivity index (χ1v) is 13.5. The van der Waals surface area contributed by atoms with Gasteiger partial charge in [-0.05, 0) is 51.5 Å². The Hall–Kier alpha value is -3.14. The second-order valence-electron chi connectivity index (χ2n) is 11.3. The molecule has 38 heavy (non-hydrogen) atoms. The summed E-state index contributed by atoms with van der Waals surface area (Å²) < 4.78 is 11.4. The zero-order valence-electron chi connectivity index (χ0n) is 23.0. The molecule has 208 valence electrons. The summed E-state index contributed by atoms with van der Waals surface area (Å²) in [6.45, 7) is 8.32. The summed E-state index contributed by atoms with van der Waals surface area (Å²) in [5, 5.41) is 16.0. The fourth-order valence-corrected chi connectivity index (χ4v) is 5.95. The minimum absolute atomic E-state index is 0.0460. The molecule has 0 spiro atoms. The molecule has 0 unspecified atom stereocenters. The van der Waals surface area contributed by atoms with E-state index in [4.69, 9.17) is 9.47 Å². The van der Waals surface area contributed by atoms with Crippen LogP contribution in [0.3, 0.4) is 0 Å². The number of ether oxygens (including phenoxy) is 2. The number of carbonyl (C=O) groups excluding carboxylic acids is 2. The number of hydrogen-bond donors (Lipinski definition) is 3. The van der Waals surface area contributed by atoms with Crippen molar-refractivity contribution in [3.8, 4) is 5.75 Å². The van der Waals surface area contributed by atoms with Gasteiger partial charge in [-0.25, -0.2) is 4.79 Å². The van der Waals surface area contributed by atoms with Crippen molar-refractivity contribution in [1.29, 1.82) is 0 Å². The monoisotopic (exact) mass is 528 g/mol. The van der Waals surface area contributed by atoms with Crippen molar-refractivity contribution >= 4 is 23.9 Å². The van der Waals surface area contributed by atoms with Crippen molar-refractivity contribution in [3.05, 3.63) is 29.8 Å². The number of guanidine groups is 1. The SMILES string of the molecule is CCC1(CC)CC(=O)N([C@H](CCOC)[C@H]2C[C@@H]2C(=O)N[C@H]2CC(C)(C)Oc3ccccc32)C(=NC(=O)O)N1. The first kappa shape index (κ1) is 27.9. The molecule has 10 heteroatoms. The lowest BCUT2D eigenvalue weighted by atomic mass is 9.86. The van der Waals surface area contributed by atoms with Gasteiger partial charge in [0.05, 0.1) is 12.5 Å². The van der Waals surface area contributed by atoms with Crippen molar-refractivity contribution in [3.63, 3.8) is 0 Å². The van der Waals surface area contributed by atoms with E-state index < -0.39 is 23.3 Å². The molecule has 0 radical (unpaired) electrons. The van der Waals surface area contributed by atoms with Gasteiger partial charge in [0.1, 0.15) is 11.4 Å². The molecule has 2 fully saturated rings. The number of fused-ring (bicyclic) bond motifs is 1. The number of rotatable bonds is 9. The van der Waals surface area contributed by atoms with Gasteiger partial charge in [0.2, 0.25) is 17.8 Å². The Morgan fingerprint density at radius 2 is 2.00 bits per heavy atom. The molecule has 2 heterocycles. The highest BCUT2D eigenvalue weighted by molar-refractivity contribution is 6.04. The lowest BCUT2D eigenvalue weighted by molar-refractivity contribution is -0.134. The quantitative estimate of drug-likeness (QED) is 0.444. The molecule has 1 aromatic rings. The second kappa shape index (κ2) is 10.9. The molecule has 3 amide bonds. The van der Waals surface area contributed by atoms with E-state index in [0.717, 1.165) is 11.3 Å². The van der Waals surface area contributed by atoms with Crippen LogP contribution in [0.5, 0.6) is 5.75 Å². The van der Waals surface area contributed by atoms with Gasteiger partial charge >= 0.3 is 6.09 Å². The number of amides is 3. The Morgan fingerprint density at radius 1 is 1.29 bits per heavy atom. The molecule has 4 rings (SSSR count). The molecule has 2 aliphatic heterocycles. The summed E-state index contributed by atoms with van der Waals surface area (Å²) in [6.07, 6.45) is 1.88. The fourth-order valence-electron chi connectivity index (χ4n) is 5.95. The summed E-state index contributed by atoms with van der Waals surface area (Å²) in [5.74, 6) is 0.144. The molecule has 3 N–H and O–H groups in total. The number of carboxylic acid groups (broad SMARTS) is 1. The Morgan fingerprint density at radius 3 is 2.66 bits per heavy atom. The third-order valence-electron chi connectivity index (χ3n) is 8.23. The molecule has 10 nitrogen and oxygen atoms in total. The number of nitrogens with one attached hydrogen (secondary N) is 2. The minimum atomic E-state index is -1.37. The summed E-state index contributed by atoms with van der Waals surface area (Å²) in [5.41, 5.74) is -0.0119. The van der Waals surface area contributed by atoms with Crippen molar-refractivity contribution in [2.24, 2.45) is 16.8 Å². The molecule has 1 aromatic carbocycles. The topological polar surface area (TPSA) is 130 Å². The summed E-state index contributed by atoms with van der Waals surface area (Å²) in [7, 11) is 1.58. The molecule has 4 atom stereocenters. The lowest BCUT2D eigenvalue weighted by Crippen LogP contribution is -2.65. The molecule has 1 saturated carbocycles. The number of para-hydroxylation sites is 1. The van der Waals surface area contributed by atoms with Crippen LogP contribution in [0, 0.1) is 11.8 Å². The van der Waals surface area contributed by atoms with Gasteiger partial charge in [-0.15, -0.1) is 4.99 Å². The third-order valence-corrected chi connectivity index (χ3v) is 8.23. The lowest BCUT2D eigenvalue weighted by Gasteiger charge is -2.45. The smallest absolute Gasteiger partial charge is 0.434 e. The molecular formula is C28H40N4O6. The fraction of sp³-hybridized carbons (Fsp3) is 0.643. The van der Waals surface area contributed by atoms with Crippen molar-refractivity contribution in [2.75, 3.05) is 13.7 Å². The maximum atomic E-state index is 13.5. The van der Waals surface area contributed by atoms with E-state index in [9.17, 15) is 19.5 Å². The highest BCUT2D eigenvalue weighted by Crippen LogP contribution is 2.47. The molecule has 1 saturated heterocycles. The van der Waals surface area contributed by atoms with Crippen molar-refractivity contribution in [2.45, 2.75) is 89.4 Å². The summed E-state index contributed by atoms with van der Waals surface area (Å²) in [6, 6.07) is 7.16. The van der Waals surface area contributed by atoms with E-state index in [-0.39, 0.29) is 42.1 Å². The predicted molar refractivity (Wildman–Crippen MR) is 142 cm³/mol. The Labute approximate surface area is 224 Å². The molecule has 0 bridgehead atoms. The van der Waals surface area contributed by atoms with E-state index in [0.29, 0.717) is 38.7 Å².